The molecule has 0 saturated carbocycles. The summed E-state index contributed by atoms with van der Waals surface area (Å²) in [7, 11) is 0. The Morgan fingerprint density at radius 3 is 2.80 bits per heavy atom. The van der Waals surface area contributed by atoms with E-state index in [1.165, 1.54) is 4.68 Å². The van der Waals surface area contributed by atoms with Gasteiger partial charge in [0.1, 0.15) is 0 Å². The fraction of sp³-hybridized carbons (Fsp3) is 0.0588. The summed E-state index contributed by atoms with van der Waals surface area (Å²) in [6.45, 7) is 0.543. The zero-order valence-electron chi connectivity index (χ0n) is 12.9. The lowest BCUT2D eigenvalue weighted by Gasteiger charge is -2.10. The van der Waals surface area contributed by atoms with Gasteiger partial charge >= 0.3 is 0 Å². The lowest BCUT2D eigenvalue weighted by molar-refractivity contribution is 0.789. The second kappa shape index (κ2) is 6.66. The van der Waals surface area contributed by atoms with Gasteiger partial charge in [0.15, 0.2) is 0 Å². The molecule has 0 aliphatic carbocycles. The number of benzene rings is 2. The Kier molecular flexibility index (Phi) is 4.21. The molecule has 2 aromatic heterocycles. The molecule has 2 aromatic carbocycles. The molecule has 8 heteroatoms. The van der Waals surface area contributed by atoms with Gasteiger partial charge < -0.3 is 5.32 Å². The summed E-state index contributed by atoms with van der Waals surface area (Å²) in [5.74, 6) is 0.477. The molecule has 0 fully saturated rings. The van der Waals surface area contributed by atoms with Crippen LogP contribution in [0.2, 0.25) is 10.0 Å². The molecule has 6 nitrogen and oxygen atoms in total. The SMILES string of the molecule is Clc1cccc(-n2nnnc2NCc2ccnc3ccccc23)c1Cl. The van der Waals surface area contributed by atoms with E-state index in [0.717, 1.165) is 16.5 Å². The van der Waals surface area contributed by atoms with Crippen LogP contribution in [0.3, 0.4) is 0 Å². The summed E-state index contributed by atoms with van der Waals surface area (Å²) < 4.78 is 1.53. The van der Waals surface area contributed by atoms with Gasteiger partial charge in [-0.3, -0.25) is 4.98 Å². The quantitative estimate of drug-likeness (QED) is 0.584. The van der Waals surface area contributed by atoms with Crippen molar-refractivity contribution >= 4 is 40.1 Å². The standard InChI is InChI=1S/C17H12Cl2N6/c18-13-5-3-7-15(16(13)19)25-17(22-23-24-25)21-10-11-8-9-20-14-6-2-1-4-12(11)14/h1-9H,10H2,(H,21,22,24). The van der Waals surface area contributed by atoms with Gasteiger partial charge in [-0.05, 0) is 40.3 Å². The summed E-state index contributed by atoms with van der Waals surface area (Å²) in [6, 6.07) is 15.3. The van der Waals surface area contributed by atoms with Gasteiger partial charge in [-0.15, -0.1) is 0 Å². The Morgan fingerprint density at radius 1 is 1.00 bits per heavy atom. The van der Waals surface area contributed by atoms with Gasteiger partial charge in [0.05, 0.1) is 21.2 Å². The number of halogens is 2. The van der Waals surface area contributed by atoms with E-state index in [4.69, 9.17) is 23.2 Å². The summed E-state index contributed by atoms with van der Waals surface area (Å²) in [5, 5.41) is 16.9. The number of hydrogen-bond donors (Lipinski definition) is 1. The maximum absolute atomic E-state index is 6.27. The van der Waals surface area contributed by atoms with Gasteiger partial charge in [0.25, 0.3) is 0 Å². The average molecular weight is 371 g/mol. The molecule has 124 valence electrons. The number of aromatic nitrogens is 5. The van der Waals surface area contributed by atoms with Crippen LogP contribution >= 0.6 is 23.2 Å². The molecular formula is C17H12Cl2N6. The maximum Gasteiger partial charge on any atom is 0.248 e. The number of tetrazole rings is 1. The predicted molar refractivity (Wildman–Crippen MR) is 98.2 cm³/mol. The van der Waals surface area contributed by atoms with Gasteiger partial charge in [0.2, 0.25) is 5.95 Å². The molecule has 1 N–H and O–H groups in total. The van der Waals surface area contributed by atoms with E-state index in [9.17, 15) is 0 Å². The topological polar surface area (TPSA) is 68.5 Å². The van der Waals surface area contributed by atoms with E-state index in [2.05, 4.69) is 25.8 Å². The minimum atomic E-state index is 0.397. The van der Waals surface area contributed by atoms with Crippen LogP contribution in [-0.4, -0.2) is 25.2 Å². The van der Waals surface area contributed by atoms with Crippen LogP contribution in [0.5, 0.6) is 0 Å². The third-order valence-corrected chi connectivity index (χ3v) is 4.61. The Morgan fingerprint density at radius 2 is 1.88 bits per heavy atom. The molecule has 0 aliphatic heterocycles. The lowest BCUT2D eigenvalue weighted by atomic mass is 10.1. The second-order valence-electron chi connectivity index (χ2n) is 5.33. The first-order chi connectivity index (χ1) is 12.2. The summed E-state index contributed by atoms with van der Waals surface area (Å²) >= 11 is 12.3. The molecule has 25 heavy (non-hydrogen) atoms. The fourth-order valence-electron chi connectivity index (χ4n) is 2.60. The van der Waals surface area contributed by atoms with Crippen molar-refractivity contribution in [2.75, 3.05) is 5.32 Å². The van der Waals surface area contributed by atoms with Crippen LogP contribution in [0.4, 0.5) is 5.95 Å². The lowest BCUT2D eigenvalue weighted by Crippen LogP contribution is -2.08. The van der Waals surface area contributed by atoms with Crippen LogP contribution in [0.15, 0.2) is 54.7 Å². The Hall–Kier alpha value is -2.70. The van der Waals surface area contributed by atoms with Crippen LogP contribution in [0, 0.1) is 0 Å². The van der Waals surface area contributed by atoms with E-state index in [-0.39, 0.29) is 0 Å². The number of nitrogens with one attached hydrogen (secondary N) is 1. The zero-order valence-corrected chi connectivity index (χ0v) is 14.4. The van der Waals surface area contributed by atoms with Crippen molar-refractivity contribution in [3.8, 4) is 5.69 Å². The Balaban J connectivity index is 1.65. The second-order valence-corrected chi connectivity index (χ2v) is 6.11. The number of rotatable bonds is 4. The van der Waals surface area contributed by atoms with Crippen molar-refractivity contribution in [2.24, 2.45) is 0 Å². The highest BCUT2D eigenvalue weighted by Crippen LogP contribution is 2.29. The van der Waals surface area contributed by atoms with E-state index in [1.54, 1.807) is 24.4 Å². The molecule has 0 amide bonds. The molecule has 4 aromatic rings. The van der Waals surface area contributed by atoms with Crippen molar-refractivity contribution in [2.45, 2.75) is 6.54 Å². The molecule has 2 heterocycles. The summed E-state index contributed by atoms with van der Waals surface area (Å²) in [4.78, 5) is 4.37. The Bertz CT molecular complexity index is 1040. The van der Waals surface area contributed by atoms with Crippen molar-refractivity contribution in [1.29, 1.82) is 0 Å². The monoisotopic (exact) mass is 370 g/mol. The molecule has 0 atom stereocenters. The van der Waals surface area contributed by atoms with Crippen LogP contribution in [0.1, 0.15) is 5.56 Å². The number of anilines is 1. The number of fused-ring (bicyclic) bond motifs is 1. The summed E-state index contributed by atoms with van der Waals surface area (Å²) in [6.07, 6.45) is 1.79. The normalized spacial score (nSPS) is 11.0. The molecule has 0 spiro atoms. The van der Waals surface area contributed by atoms with E-state index < -0.39 is 0 Å². The highest BCUT2D eigenvalue weighted by atomic mass is 35.5. The van der Waals surface area contributed by atoms with E-state index in [1.807, 2.05) is 30.3 Å². The van der Waals surface area contributed by atoms with Gasteiger partial charge in [-0.1, -0.05) is 52.6 Å². The highest BCUT2D eigenvalue weighted by molar-refractivity contribution is 6.43. The third-order valence-electron chi connectivity index (χ3n) is 3.81. The first kappa shape index (κ1) is 15.8. The first-order valence-electron chi connectivity index (χ1n) is 7.53. The molecule has 0 saturated heterocycles. The average Bonchev–Trinajstić information content (AvgIpc) is 3.10. The predicted octanol–water partition coefficient (Wildman–Crippen LogP) is 4.13. The van der Waals surface area contributed by atoms with Crippen molar-refractivity contribution < 1.29 is 0 Å². The minimum absolute atomic E-state index is 0.397. The molecule has 0 radical (unpaired) electrons. The zero-order chi connectivity index (χ0) is 17.2. The number of hydrogen-bond acceptors (Lipinski definition) is 5. The third kappa shape index (κ3) is 3.01. The smallest absolute Gasteiger partial charge is 0.248 e. The van der Waals surface area contributed by atoms with Crippen molar-refractivity contribution in [1.82, 2.24) is 25.2 Å². The number of para-hydroxylation sites is 1. The van der Waals surface area contributed by atoms with E-state index >= 15 is 0 Å². The van der Waals surface area contributed by atoms with Crippen LogP contribution in [0.25, 0.3) is 16.6 Å². The maximum atomic E-state index is 6.27. The fourth-order valence-corrected chi connectivity index (χ4v) is 2.97. The van der Waals surface area contributed by atoms with Crippen LogP contribution in [-0.2, 0) is 6.54 Å². The van der Waals surface area contributed by atoms with Gasteiger partial charge in [-0.25, -0.2) is 0 Å². The largest absolute Gasteiger partial charge is 0.349 e. The Labute approximate surface area is 153 Å². The molecule has 0 aliphatic rings. The molecule has 0 bridgehead atoms. The van der Waals surface area contributed by atoms with Crippen LogP contribution < -0.4 is 5.32 Å². The van der Waals surface area contributed by atoms with Gasteiger partial charge in [-0.2, -0.15) is 4.68 Å². The minimum Gasteiger partial charge on any atom is -0.349 e. The highest BCUT2D eigenvalue weighted by Gasteiger charge is 2.13. The van der Waals surface area contributed by atoms with Gasteiger partial charge in [0, 0.05) is 18.1 Å². The van der Waals surface area contributed by atoms with Crippen molar-refractivity contribution in [3.05, 3.63) is 70.3 Å². The van der Waals surface area contributed by atoms with E-state index in [0.29, 0.717) is 28.2 Å². The van der Waals surface area contributed by atoms with Crippen molar-refractivity contribution in [3.63, 3.8) is 0 Å². The number of pyridine rings is 1. The molecule has 0 unspecified atom stereocenters. The summed E-state index contributed by atoms with van der Waals surface area (Å²) in [5.41, 5.74) is 2.65. The molecule has 4 rings (SSSR count). The first-order valence-corrected chi connectivity index (χ1v) is 8.29. The number of nitrogens with zero attached hydrogens (tertiary/aromatic N) is 5. The molecular weight excluding hydrogens is 359 g/mol.